The van der Waals surface area contributed by atoms with Gasteiger partial charge in [-0.1, -0.05) is 36.4 Å². The zero-order chi connectivity index (χ0) is 18.6. The molecule has 0 saturated heterocycles. The second-order valence-electron chi connectivity index (χ2n) is 5.67. The van der Waals surface area contributed by atoms with Crippen molar-refractivity contribution in [1.29, 1.82) is 0 Å². The van der Waals surface area contributed by atoms with E-state index in [4.69, 9.17) is 21.7 Å². The van der Waals surface area contributed by atoms with Crippen molar-refractivity contribution in [3.63, 3.8) is 0 Å². The lowest BCUT2D eigenvalue weighted by Crippen LogP contribution is -2.39. The number of carbonyl (C=O) groups is 1. The van der Waals surface area contributed by atoms with Crippen molar-refractivity contribution in [2.75, 3.05) is 26.9 Å². The molecule has 138 valence electrons. The monoisotopic (exact) mass is 372 g/mol. The van der Waals surface area contributed by atoms with Crippen LogP contribution in [0, 0.1) is 0 Å². The third-order valence-electron chi connectivity index (χ3n) is 3.64. The van der Waals surface area contributed by atoms with Crippen molar-refractivity contribution >= 4 is 23.2 Å². The number of amides is 1. The van der Waals surface area contributed by atoms with Crippen molar-refractivity contribution in [3.8, 4) is 5.75 Å². The molecule has 0 heterocycles. The summed E-state index contributed by atoms with van der Waals surface area (Å²) in [6.45, 7) is 1.84. The van der Waals surface area contributed by atoms with Crippen LogP contribution in [0.25, 0.3) is 0 Å². The molecule has 0 aromatic heterocycles. The number of rotatable bonds is 9. The van der Waals surface area contributed by atoms with Gasteiger partial charge in [-0.3, -0.25) is 10.1 Å². The lowest BCUT2D eigenvalue weighted by Gasteiger charge is -2.11. The zero-order valence-corrected chi connectivity index (χ0v) is 15.7. The Hall–Kier alpha value is -2.44. The number of methoxy groups -OCH3 is 1. The molecule has 0 aliphatic rings. The summed E-state index contributed by atoms with van der Waals surface area (Å²) < 4.78 is 10.7. The van der Waals surface area contributed by atoms with Crippen LogP contribution < -0.4 is 15.4 Å². The molecule has 5 nitrogen and oxygen atoms in total. The molecular formula is C20H24N2O3S. The molecule has 0 aliphatic heterocycles. The standard InChI is InChI=1S/C20H24N2O3S/c1-24-13-6-12-21-20(26)22-19(23)17-9-5-10-18(15-17)25-14-11-16-7-3-2-4-8-16/h2-5,7-10,15H,6,11-14H2,1H3,(H2,21,22,23,26). The Morgan fingerprint density at radius 3 is 2.65 bits per heavy atom. The van der Waals surface area contributed by atoms with Gasteiger partial charge in [0, 0.05) is 32.2 Å². The molecule has 0 spiro atoms. The first-order valence-electron chi connectivity index (χ1n) is 8.54. The summed E-state index contributed by atoms with van der Waals surface area (Å²) in [7, 11) is 1.65. The Labute approximate surface area is 159 Å². The SMILES string of the molecule is COCCCNC(=S)NC(=O)c1cccc(OCCc2ccccc2)c1. The molecule has 26 heavy (non-hydrogen) atoms. The van der Waals surface area contributed by atoms with Gasteiger partial charge in [-0.25, -0.2) is 0 Å². The van der Waals surface area contributed by atoms with E-state index in [0.717, 1.165) is 12.8 Å². The van der Waals surface area contributed by atoms with Crippen LogP contribution in [0.1, 0.15) is 22.3 Å². The third-order valence-corrected chi connectivity index (χ3v) is 3.88. The van der Waals surface area contributed by atoms with E-state index >= 15 is 0 Å². The van der Waals surface area contributed by atoms with Crippen LogP contribution in [0.15, 0.2) is 54.6 Å². The highest BCUT2D eigenvalue weighted by atomic mass is 32.1. The maximum atomic E-state index is 12.3. The normalized spacial score (nSPS) is 10.2. The van der Waals surface area contributed by atoms with Gasteiger partial charge in [0.25, 0.3) is 5.91 Å². The summed E-state index contributed by atoms with van der Waals surface area (Å²) in [5, 5.41) is 5.95. The van der Waals surface area contributed by atoms with Gasteiger partial charge in [-0.2, -0.15) is 0 Å². The molecule has 0 radical (unpaired) electrons. The maximum absolute atomic E-state index is 12.3. The minimum absolute atomic E-state index is 0.261. The molecule has 1 amide bonds. The van der Waals surface area contributed by atoms with Crippen molar-refractivity contribution in [1.82, 2.24) is 10.6 Å². The van der Waals surface area contributed by atoms with E-state index in [1.165, 1.54) is 5.56 Å². The molecule has 2 rings (SSSR count). The summed E-state index contributed by atoms with van der Waals surface area (Å²) in [5.74, 6) is 0.398. The topological polar surface area (TPSA) is 59.6 Å². The van der Waals surface area contributed by atoms with Crippen LogP contribution in [0.3, 0.4) is 0 Å². The van der Waals surface area contributed by atoms with Gasteiger partial charge in [-0.05, 0) is 42.4 Å². The van der Waals surface area contributed by atoms with Gasteiger partial charge in [0.15, 0.2) is 5.11 Å². The average Bonchev–Trinajstić information content (AvgIpc) is 2.66. The molecule has 0 fully saturated rings. The van der Waals surface area contributed by atoms with E-state index in [9.17, 15) is 4.79 Å². The fraction of sp³-hybridized carbons (Fsp3) is 0.300. The van der Waals surface area contributed by atoms with Gasteiger partial charge in [0.05, 0.1) is 6.61 Å². The summed E-state index contributed by atoms with van der Waals surface area (Å²) in [4.78, 5) is 12.3. The molecule has 0 unspecified atom stereocenters. The van der Waals surface area contributed by atoms with Crippen LogP contribution >= 0.6 is 12.2 Å². The number of ether oxygens (including phenoxy) is 2. The van der Waals surface area contributed by atoms with Gasteiger partial charge >= 0.3 is 0 Å². The largest absolute Gasteiger partial charge is 0.493 e. The minimum atomic E-state index is -0.261. The average molecular weight is 372 g/mol. The Balaban J connectivity index is 1.79. The fourth-order valence-electron chi connectivity index (χ4n) is 2.30. The Morgan fingerprint density at radius 2 is 1.88 bits per heavy atom. The predicted octanol–water partition coefficient (Wildman–Crippen LogP) is 2.95. The Morgan fingerprint density at radius 1 is 1.08 bits per heavy atom. The fourth-order valence-corrected chi connectivity index (χ4v) is 2.49. The van der Waals surface area contributed by atoms with Gasteiger partial charge in [0.2, 0.25) is 0 Å². The highest BCUT2D eigenvalue weighted by molar-refractivity contribution is 7.80. The van der Waals surface area contributed by atoms with E-state index < -0.39 is 0 Å². The number of hydrogen-bond donors (Lipinski definition) is 2. The van der Waals surface area contributed by atoms with Crippen molar-refractivity contribution in [2.45, 2.75) is 12.8 Å². The highest BCUT2D eigenvalue weighted by Crippen LogP contribution is 2.14. The smallest absolute Gasteiger partial charge is 0.257 e. The summed E-state index contributed by atoms with van der Waals surface area (Å²) in [5.41, 5.74) is 1.72. The first kappa shape index (κ1) is 19.9. The molecule has 2 aromatic rings. The second-order valence-corrected chi connectivity index (χ2v) is 6.08. The van der Waals surface area contributed by atoms with Crippen molar-refractivity contribution in [3.05, 3.63) is 65.7 Å². The summed E-state index contributed by atoms with van der Waals surface area (Å²) in [6, 6.07) is 17.2. The van der Waals surface area contributed by atoms with Crippen LogP contribution in [0.4, 0.5) is 0 Å². The molecule has 0 atom stereocenters. The van der Waals surface area contributed by atoms with E-state index in [1.54, 1.807) is 25.3 Å². The molecule has 2 aromatic carbocycles. The Kier molecular flexibility index (Phi) is 8.59. The van der Waals surface area contributed by atoms with E-state index in [0.29, 0.717) is 36.2 Å². The number of carbonyl (C=O) groups excluding carboxylic acids is 1. The number of hydrogen-bond acceptors (Lipinski definition) is 4. The molecular weight excluding hydrogens is 348 g/mol. The zero-order valence-electron chi connectivity index (χ0n) is 14.9. The molecule has 2 N–H and O–H groups in total. The molecule has 0 bridgehead atoms. The summed E-state index contributed by atoms with van der Waals surface area (Å²) in [6.07, 6.45) is 1.63. The first-order valence-corrected chi connectivity index (χ1v) is 8.95. The minimum Gasteiger partial charge on any atom is -0.493 e. The van der Waals surface area contributed by atoms with Gasteiger partial charge in [-0.15, -0.1) is 0 Å². The van der Waals surface area contributed by atoms with Crippen molar-refractivity contribution in [2.24, 2.45) is 0 Å². The lowest BCUT2D eigenvalue weighted by molar-refractivity contribution is 0.0976. The number of benzene rings is 2. The summed E-state index contributed by atoms with van der Waals surface area (Å²) >= 11 is 5.12. The highest BCUT2D eigenvalue weighted by Gasteiger charge is 2.08. The van der Waals surface area contributed by atoms with E-state index in [2.05, 4.69) is 22.8 Å². The lowest BCUT2D eigenvalue weighted by atomic mass is 10.2. The number of nitrogens with one attached hydrogen (secondary N) is 2. The van der Waals surface area contributed by atoms with Crippen LogP contribution in [0.5, 0.6) is 5.75 Å². The van der Waals surface area contributed by atoms with E-state index in [-0.39, 0.29) is 5.91 Å². The van der Waals surface area contributed by atoms with Gasteiger partial charge in [0.1, 0.15) is 5.75 Å². The van der Waals surface area contributed by atoms with Crippen LogP contribution in [-0.2, 0) is 11.2 Å². The van der Waals surface area contributed by atoms with Crippen LogP contribution in [0.2, 0.25) is 0 Å². The number of thiocarbonyl (C=S) groups is 1. The molecule has 6 heteroatoms. The third kappa shape index (κ3) is 7.21. The molecule has 0 saturated carbocycles. The molecule has 0 aliphatic carbocycles. The quantitative estimate of drug-likeness (QED) is 0.524. The second kappa shape index (κ2) is 11.2. The maximum Gasteiger partial charge on any atom is 0.257 e. The predicted molar refractivity (Wildman–Crippen MR) is 107 cm³/mol. The first-order chi connectivity index (χ1) is 12.7. The Bertz CT molecular complexity index is 707. The van der Waals surface area contributed by atoms with E-state index in [1.807, 2.05) is 24.3 Å². The van der Waals surface area contributed by atoms with Gasteiger partial charge < -0.3 is 14.8 Å². The van der Waals surface area contributed by atoms with Crippen LogP contribution in [-0.4, -0.2) is 37.9 Å². The van der Waals surface area contributed by atoms with Crippen molar-refractivity contribution < 1.29 is 14.3 Å².